The highest BCUT2D eigenvalue weighted by Crippen LogP contribution is 2.16. The molecule has 0 spiro atoms. The number of ether oxygens (including phenoxy) is 1. The molecular weight excluding hydrogens is 300 g/mol. The van der Waals surface area contributed by atoms with Crippen molar-refractivity contribution in [3.05, 3.63) is 53.7 Å². The van der Waals surface area contributed by atoms with Crippen LogP contribution >= 0.6 is 0 Å². The van der Waals surface area contributed by atoms with Crippen LogP contribution in [-0.2, 0) is 17.3 Å². The number of pyridine rings is 1. The second kappa shape index (κ2) is 7.70. The lowest BCUT2D eigenvalue weighted by atomic mass is 10.2. The Labute approximate surface area is 132 Å². The third-order valence-electron chi connectivity index (χ3n) is 3.12. The van der Waals surface area contributed by atoms with Gasteiger partial charge in [0.1, 0.15) is 0 Å². The molecule has 0 fully saturated rings. The third kappa shape index (κ3) is 3.71. The Morgan fingerprint density at radius 2 is 2.05 bits per heavy atom. The molecule has 2 aromatic rings. The minimum Gasteiger partial charge on any atom is -0.481 e. The normalized spacial score (nSPS) is 11.7. The second-order valence-electron chi connectivity index (χ2n) is 4.48. The molecule has 1 N–H and O–H groups in total. The Kier molecular flexibility index (Phi) is 5.66. The topological polar surface area (TPSA) is 68.3 Å². The van der Waals surface area contributed by atoms with E-state index >= 15 is 0 Å². The summed E-state index contributed by atoms with van der Waals surface area (Å²) in [5.74, 6) is 0.692. The zero-order chi connectivity index (χ0) is 15.9. The lowest BCUT2D eigenvalue weighted by Crippen LogP contribution is -2.24. The summed E-state index contributed by atoms with van der Waals surface area (Å²) in [6.45, 7) is 2.12. The number of amides is 1. The minimum absolute atomic E-state index is 0.261. The van der Waals surface area contributed by atoms with Crippen molar-refractivity contribution in [1.82, 2.24) is 10.3 Å². The average Bonchev–Trinajstić information content (AvgIpc) is 2.59. The number of methoxy groups -OCH3 is 1. The van der Waals surface area contributed by atoms with Crippen molar-refractivity contribution in [1.29, 1.82) is 0 Å². The fourth-order valence-electron chi connectivity index (χ4n) is 2.02. The summed E-state index contributed by atoms with van der Waals surface area (Å²) in [4.78, 5) is 17.0. The molecule has 1 aromatic heterocycles. The van der Waals surface area contributed by atoms with E-state index in [1.807, 2.05) is 13.0 Å². The molecule has 1 unspecified atom stereocenters. The first-order chi connectivity index (χ1) is 10.7. The first-order valence-electron chi connectivity index (χ1n) is 6.90. The Morgan fingerprint density at radius 3 is 2.77 bits per heavy atom. The molecule has 0 saturated heterocycles. The number of hydrogen-bond donors (Lipinski definition) is 1. The Balaban J connectivity index is 2.15. The van der Waals surface area contributed by atoms with E-state index in [-0.39, 0.29) is 5.91 Å². The number of carbonyl (C=O) groups excluding carboxylic acids is 1. The van der Waals surface area contributed by atoms with Crippen LogP contribution in [0.1, 0.15) is 22.8 Å². The molecule has 0 saturated carbocycles. The lowest BCUT2D eigenvalue weighted by molar-refractivity contribution is 0.0947. The molecular formula is C16H18N2O3S. The molecule has 1 atom stereocenters. The second-order valence-corrected chi connectivity index (χ2v) is 6.19. The van der Waals surface area contributed by atoms with Crippen molar-refractivity contribution in [2.24, 2.45) is 0 Å². The van der Waals surface area contributed by atoms with Gasteiger partial charge in [-0.3, -0.25) is 9.00 Å². The highest BCUT2D eigenvalue weighted by molar-refractivity contribution is 7.85. The van der Waals surface area contributed by atoms with Crippen LogP contribution in [0.25, 0.3) is 0 Å². The van der Waals surface area contributed by atoms with Gasteiger partial charge in [0.2, 0.25) is 5.88 Å². The van der Waals surface area contributed by atoms with E-state index in [4.69, 9.17) is 4.74 Å². The van der Waals surface area contributed by atoms with Gasteiger partial charge in [0.15, 0.2) is 0 Å². The van der Waals surface area contributed by atoms with Crippen molar-refractivity contribution in [3.63, 3.8) is 0 Å². The highest BCUT2D eigenvalue weighted by atomic mass is 32.2. The Hall–Kier alpha value is -2.21. The molecule has 0 bridgehead atoms. The summed E-state index contributed by atoms with van der Waals surface area (Å²) in [5.41, 5.74) is 1.22. The van der Waals surface area contributed by atoms with Crippen LogP contribution in [0.4, 0.5) is 0 Å². The van der Waals surface area contributed by atoms with Gasteiger partial charge in [-0.25, -0.2) is 4.98 Å². The van der Waals surface area contributed by atoms with Crippen molar-refractivity contribution >= 4 is 16.7 Å². The summed E-state index contributed by atoms with van der Waals surface area (Å²) < 4.78 is 17.2. The van der Waals surface area contributed by atoms with Crippen LogP contribution in [0, 0.1) is 0 Å². The molecule has 1 amide bonds. The van der Waals surface area contributed by atoms with Crippen LogP contribution in [0.5, 0.6) is 5.88 Å². The van der Waals surface area contributed by atoms with Crippen molar-refractivity contribution in [2.45, 2.75) is 18.4 Å². The van der Waals surface area contributed by atoms with Gasteiger partial charge in [-0.05, 0) is 18.2 Å². The molecule has 22 heavy (non-hydrogen) atoms. The van der Waals surface area contributed by atoms with Crippen molar-refractivity contribution in [3.8, 4) is 5.88 Å². The number of hydrogen-bond acceptors (Lipinski definition) is 4. The van der Waals surface area contributed by atoms with Gasteiger partial charge in [-0.1, -0.05) is 25.1 Å². The molecule has 116 valence electrons. The lowest BCUT2D eigenvalue weighted by Gasteiger charge is -2.10. The Bertz CT molecular complexity index is 689. The summed E-state index contributed by atoms with van der Waals surface area (Å²) >= 11 is 0. The number of benzene rings is 1. The zero-order valence-electron chi connectivity index (χ0n) is 12.5. The van der Waals surface area contributed by atoms with E-state index < -0.39 is 10.8 Å². The van der Waals surface area contributed by atoms with Crippen LogP contribution < -0.4 is 10.1 Å². The SMILES string of the molecule is CCS(=O)c1ccccc1C(=O)NCc1cccnc1OC. The predicted molar refractivity (Wildman–Crippen MR) is 85.4 cm³/mol. The maximum absolute atomic E-state index is 12.4. The zero-order valence-corrected chi connectivity index (χ0v) is 13.4. The quantitative estimate of drug-likeness (QED) is 0.886. The Morgan fingerprint density at radius 1 is 1.27 bits per heavy atom. The molecule has 1 heterocycles. The monoisotopic (exact) mass is 318 g/mol. The third-order valence-corrected chi connectivity index (χ3v) is 4.49. The van der Waals surface area contributed by atoms with E-state index in [0.29, 0.717) is 28.6 Å². The molecule has 0 aliphatic carbocycles. The molecule has 0 aliphatic rings. The van der Waals surface area contributed by atoms with Gasteiger partial charge in [0, 0.05) is 24.1 Å². The van der Waals surface area contributed by atoms with Gasteiger partial charge in [-0.15, -0.1) is 0 Å². The van der Waals surface area contributed by atoms with Gasteiger partial charge < -0.3 is 10.1 Å². The van der Waals surface area contributed by atoms with Crippen LogP contribution in [0.2, 0.25) is 0 Å². The van der Waals surface area contributed by atoms with Crippen molar-refractivity contribution < 1.29 is 13.7 Å². The summed E-state index contributed by atoms with van der Waals surface area (Å²) in [7, 11) is 0.361. The maximum Gasteiger partial charge on any atom is 0.252 e. The van der Waals surface area contributed by atoms with Crippen LogP contribution in [-0.4, -0.2) is 28.0 Å². The number of nitrogens with one attached hydrogen (secondary N) is 1. The largest absolute Gasteiger partial charge is 0.481 e. The van der Waals surface area contributed by atoms with Gasteiger partial charge >= 0.3 is 0 Å². The van der Waals surface area contributed by atoms with E-state index in [2.05, 4.69) is 10.3 Å². The standard InChI is InChI=1S/C16H18N2O3S/c1-3-22(20)14-9-5-4-8-13(14)15(19)18-11-12-7-6-10-17-16(12)21-2/h4-10H,3,11H2,1-2H3,(H,18,19). The van der Waals surface area contributed by atoms with E-state index in [9.17, 15) is 9.00 Å². The fourth-order valence-corrected chi connectivity index (χ4v) is 2.97. The molecule has 5 nitrogen and oxygen atoms in total. The highest BCUT2D eigenvalue weighted by Gasteiger charge is 2.15. The molecule has 0 aliphatic heterocycles. The number of nitrogens with zero attached hydrogens (tertiary/aromatic N) is 1. The smallest absolute Gasteiger partial charge is 0.252 e. The molecule has 6 heteroatoms. The van der Waals surface area contributed by atoms with Crippen molar-refractivity contribution in [2.75, 3.05) is 12.9 Å². The number of rotatable bonds is 6. The van der Waals surface area contributed by atoms with E-state index in [1.54, 1.807) is 36.5 Å². The van der Waals surface area contributed by atoms with Crippen LogP contribution in [0.3, 0.4) is 0 Å². The first kappa shape index (κ1) is 16.2. The number of aromatic nitrogens is 1. The number of carbonyl (C=O) groups is 1. The van der Waals surface area contributed by atoms with E-state index in [1.165, 1.54) is 7.11 Å². The summed E-state index contributed by atoms with van der Waals surface area (Å²) in [5, 5.41) is 2.82. The van der Waals surface area contributed by atoms with Crippen LogP contribution in [0.15, 0.2) is 47.5 Å². The molecule has 2 rings (SSSR count). The summed E-state index contributed by atoms with van der Waals surface area (Å²) in [6, 6.07) is 10.6. The van der Waals surface area contributed by atoms with Gasteiger partial charge in [-0.2, -0.15) is 0 Å². The molecule has 0 radical (unpaired) electrons. The van der Waals surface area contributed by atoms with E-state index in [0.717, 1.165) is 5.56 Å². The average molecular weight is 318 g/mol. The maximum atomic E-state index is 12.4. The van der Waals surface area contributed by atoms with Gasteiger partial charge in [0.05, 0.1) is 28.4 Å². The molecule has 1 aromatic carbocycles. The summed E-state index contributed by atoms with van der Waals surface area (Å²) in [6.07, 6.45) is 1.63. The van der Waals surface area contributed by atoms with Gasteiger partial charge in [0.25, 0.3) is 5.91 Å². The fraction of sp³-hybridized carbons (Fsp3) is 0.250. The minimum atomic E-state index is -1.17. The predicted octanol–water partition coefficient (Wildman–Crippen LogP) is 2.15. The first-order valence-corrected chi connectivity index (χ1v) is 8.22.